The fraction of sp³-hybridized carbons (Fsp3) is 0.0556. The van der Waals surface area contributed by atoms with Gasteiger partial charge in [-0.3, -0.25) is 9.59 Å². The van der Waals surface area contributed by atoms with Crippen LogP contribution < -0.4 is 10.6 Å². The lowest BCUT2D eigenvalue weighted by molar-refractivity contribution is 0.0959. The van der Waals surface area contributed by atoms with E-state index >= 15 is 0 Å². The predicted octanol–water partition coefficient (Wildman–Crippen LogP) is 3.10. The molecule has 0 bridgehead atoms. The van der Waals surface area contributed by atoms with Gasteiger partial charge < -0.3 is 10.6 Å². The van der Waals surface area contributed by atoms with Gasteiger partial charge in [0.25, 0.3) is 11.8 Å². The molecule has 2 amide bonds. The monoisotopic (exact) mass is 352 g/mol. The Balaban J connectivity index is 1.99. The van der Waals surface area contributed by atoms with Crippen molar-refractivity contribution in [3.05, 3.63) is 77.1 Å². The molecule has 0 aliphatic carbocycles. The van der Waals surface area contributed by atoms with Gasteiger partial charge in [0.15, 0.2) is 0 Å². The summed E-state index contributed by atoms with van der Waals surface area (Å²) in [5, 5.41) is 11.6. The van der Waals surface area contributed by atoms with E-state index in [1.54, 1.807) is 18.2 Å². The van der Waals surface area contributed by atoms with E-state index in [4.69, 9.17) is 0 Å². The number of nitrogens with one attached hydrogen (secondary N) is 2. The summed E-state index contributed by atoms with van der Waals surface area (Å²) >= 11 is 1.33. The van der Waals surface area contributed by atoms with Crippen LogP contribution in [0.25, 0.3) is 5.69 Å². The highest BCUT2D eigenvalue weighted by Gasteiger charge is 2.21. The maximum atomic E-state index is 12.5. The highest BCUT2D eigenvalue weighted by atomic mass is 32.1. The van der Waals surface area contributed by atoms with Crippen LogP contribution in [-0.2, 0) is 0 Å². The van der Waals surface area contributed by atoms with Gasteiger partial charge in [-0.1, -0.05) is 30.3 Å². The molecule has 126 valence electrons. The van der Waals surface area contributed by atoms with Gasteiger partial charge in [0.1, 0.15) is 11.4 Å². The fourth-order valence-electron chi connectivity index (χ4n) is 2.24. The van der Waals surface area contributed by atoms with Gasteiger partial charge in [-0.05, 0) is 23.6 Å². The second kappa shape index (κ2) is 7.59. The Morgan fingerprint density at radius 1 is 1.16 bits per heavy atom. The summed E-state index contributed by atoms with van der Waals surface area (Å²) in [7, 11) is 0. The number of anilines is 1. The molecule has 1 aromatic carbocycles. The average Bonchev–Trinajstić information content (AvgIpc) is 3.30. The van der Waals surface area contributed by atoms with Gasteiger partial charge in [-0.25, -0.2) is 4.68 Å². The lowest BCUT2D eigenvalue weighted by Crippen LogP contribution is -2.25. The number of nitrogens with zero attached hydrogens (tertiary/aromatic N) is 2. The summed E-state index contributed by atoms with van der Waals surface area (Å²) in [6.07, 6.45) is 3.03. The van der Waals surface area contributed by atoms with Crippen molar-refractivity contribution in [2.75, 3.05) is 11.9 Å². The minimum atomic E-state index is -0.330. The smallest absolute Gasteiger partial charge is 0.266 e. The van der Waals surface area contributed by atoms with Gasteiger partial charge in [-0.2, -0.15) is 5.10 Å². The summed E-state index contributed by atoms with van der Waals surface area (Å²) in [5.41, 5.74) is 1.03. The van der Waals surface area contributed by atoms with Crippen LogP contribution in [0.15, 0.2) is 66.7 Å². The molecule has 2 N–H and O–H groups in total. The normalized spacial score (nSPS) is 10.2. The van der Waals surface area contributed by atoms with E-state index in [0.29, 0.717) is 17.2 Å². The number of hydrogen-bond acceptors (Lipinski definition) is 4. The van der Waals surface area contributed by atoms with Crippen LogP contribution in [0.4, 0.5) is 5.82 Å². The molecule has 0 unspecified atom stereocenters. The molecule has 2 aromatic heterocycles. The summed E-state index contributed by atoms with van der Waals surface area (Å²) in [6, 6.07) is 12.8. The first-order valence-electron chi connectivity index (χ1n) is 7.58. The molecule has 0 saturated carbocycles. The molecular formula is C18H16N4O2S. The molecule has 0 aliphatic heterocycles. The van der Waals surface area contributed by atoms with Crippen molar-refractivity contribution < 1.29 is 9.59 Å². The Bertz CT molecular complexity index is 885. The largest absolute Gasteiger partial charge is 0.348 e. The maximum Gasteiger partial charge on any atom is 0.266 e. The second-order valence-electron chi connectivity index (χ2n) is 5.08. The summed E-state index contributed by atoms with van der Waals surface area (Å²) in [5.74, 6) is -0.292. The standard InChI is InChI=1S/C18H16N4O2S/c1-2-10-19-17(23)14-12-20-22(13-7-4-3-5-8-13)16(14)21-18(24)15-9-6-11-25-15/h2-9,11-12H,1,10H2,(H,19,23)(H,21,24). The van der Waals surface area contributed by atoms with Crippen LogP contribution in [-0.4, -0.2) is 28.1 Å². The van der Waals surface area contributed by atoms with E-state index in [1.807, 2.05) is 35.7 Å². The zero-order valence-electron chi connectivity index (χ0n) is 13.3. The van der Waals surface area contributed by atoms with E-state index < -0.39 is 0 Å². The Morgan fingerprint density at radius 3 is 2.64 bits per heavy atom. The molecule has 0 fully saturated rings. The Hall–Kier alpha value is -3.19. The Kier molecular flexibility index (Phi) is 5.06. The minimum absolute atomic E-state index is 0.287. The Labute approximate surface area is 148 Å². The van der Waals surface area contributed by atoms with E-state index in [9.17, 15) is 9.59 Å². The lowest BCUT2D eigenvalue weighted by Gasteiger charge is -2.10. The van der Waals surface area contributed by atoms with Gasteiger partial charge in [0.05, 0.1) is 16.8 Å². The number of carbonyl (C=O) groups is 2. The zero-order chi connectivity index (χ0) is 17.6. The summed E-state index contributed by atoms with van der Waals surface area (Å²) in [4.78, 5) is 25.4. The number of amides is 2. The number of benzene rings is 1. The van der Waals surface area contributed by atoms with E-state index in [0.717, 1.165) is 5.69 Å². The van der Waals surface area contributed by atoms with E-state index in [1.165, 1.54) is 22.2 Å². The number of para-hydroxylation sites is 1. The van der Waals surface area contributed by atoms with E-state index in [2.05, 4.69) is 22.3 Å². The fourth-order valence-corrected chi connectivity index (χ4v) is 2.86. The quantitative estimate of drug-likeness (QED) is 0.669. The van der Waals surface area contributed by atoms with Gasteiger partial charge in [0, 0.05) is 6.54 Å². The third-order valence-corrected chi connectivity index (χ3v) is 4.27. The SMILES string of the molecule is C=CCNC(=O)c1cnn(-c2ccccc2)c1NC(=O)c1cccs1. The molecule has 3 aromatic rings. The number of thiophene rings is 1. The molecule has 0 atom stereocenters. The van der Waals surface area contributed by atoms with Crippen LogP contribution in [0.5, 0.6) is 0 Å². The molecular weight excluding hydrogens is 336 g/mol. The first kappa shape index (κ1) is 16.7. The number of rotatable bonds is 6. The van der Waals surface area contributed by atoms with Crippen molar-refractivity contribution in [2.24, 2.45) is 0 Å². The van der Waals surface area contributed by atoms with Gasteiger partial charge in [0.2, 0.25) is 0 Å². The summed E-state index contributed by atoms with van der Waals surface area (Å²) < 4.78 is 1.54. The number of carbonyl (C=O) groups excluding carboxylic acids is 2. The van der Waals surface area contributed by atoms with Crippen molar-refractivity contribution in [3.63, 3.8) is 0 Å². The highest BCUT2D eigenvalue weighted by Crippen LogP contribution is 2.22. The summed E-state index contributed by atoms with van der Waals surface area (Å²) in [6.45, 7) is 3.91. The predicted molar refractivity (Wildman–Crippen MR) is 98.4 cm³/mol. The van der Waals surface area contributed by atoms with Crippen LogP contribution >= 0.6 is 11.3 Å². The van der Waals surface area contributed by atoms with E-state index in [-0.39, 0.29) is 17.4 Å². The van der Waals surface area contributed by atoms with Crippen molar-refractivity contribution >= 4 is 29.0 Å². The average molecular weight is 352 g/mol. The number of hydrogen-bond donors (Lipinski definition) is 2. The Morgan fingerprint density at radius 2 is 1.96 bits per heavy atom. The minimum Gasteiger partial charge on any atom is -0.348 e. The molecule has 7 heteroatoms. The maximum absolute atomic E-state index is 12.5. The van der Waals surface area contributed by atoms with Crippen molar-refractivity contribution in [2.45, 2.75) is 0 Å². The lowest BCUT2D eigenvalue weighted by atomic mass is 10.2. The van der Waals surface area contributed by atoms with Crippen LogP contribution in [0.1, 0.15) is 20.0 Å². The molecule has 0 spiro atoms. The van der Waals surface area contributed by atoms with Gasteiger partial charge >= 0.3 is 0 Å². The van der Waals surface area contributed by atoms with Gasteiger partial charge in [-0.15, -0.1) is 17.9 Å². The zero-order valence-corrected chi connectivity index (χ0v) is 14.1. The first-order chi connectivity index (χ1) is 12.2. The number of aromatic nitrogens is 2. The molecule has 6 nitrogen and oxygen atoms in total. The second-order valence-corrected chi connectivity index (χ2v) is 6.03. The van der Waals surface area contributed by atoms with Crippen LogP contribution in [0, 0.1) is 0 Å². The first-order valence-corrected chi connectivity index (χ1v) is 8.46. The third-order valence-electron chi connectivity index (χ3n) is 3.40. The molecule has 0 aliphatic rings. The van der Waals surface area contributed by atoms with Crippen LogP contribution in [0.2, 0.25) is 0 Å². The topological polar surface area (TPSA) is 76.0 Å². The van der Waals surface area contributed by atoms with Crippen molar-refractivity contribution in [1.29, 1.82) is 0 Å². The molecule has 25 heavy (non-hydrogen) atoms. The van der Waals surface area contributed by atoms with Crippen molar-refractivity contribution in [3.8, 4) is 5.69 Å². The molecule has 0 radical (unpaired) electrons. The van der Waals surface area contributed by atoms with Crippen LogP contribution in [0.3, 0.4) is 0 Å². The van der Waals surface area contributed by atoms with Crippen molar-refractivity contribution in [1.82, 2.24) is 15.1 Å². The molecule has 0 saturated heterocycles. The third kappa shape index (κ3) is 3.67. The molecule has 3 rings (SSSR count). The molecule has 2 heterocycles. The highest BCUT2D eigenvalue weighted by molar-refractivity contribution is 7.12.